The molecule has 5 nitrogen and oxygen atoms in total. The Kier molecular flexibility index (Phi) is 5.03. The number of hydrogen-bond donors (Lipinski definition) is 2. The van der Waals surface area contributed by atoms with Gasteiger partial charge in [0.05, 0.1) is 10.2 Å². The lowest BCUT2D eigenvalue weighted by Crippen LogP contribution is -2.35. The van der Waals surface area contributed by atoms with E-state index in [9.17, 15) is 9.90 Å². The van der Waals surface area contributed by atoms with E-state index in [0.29, 0.717) is 11.0 Å². The number of hydrogen-bond acceptors (Lipinski definition) is 6. The molecule has 1 unspecified atom stereocenters. The Balaban J connectivity index is 1.77. The summed E-state index contributed by atoms with van der Waals surface area (Å²) in [6.45, 7) is 7.72. The van der Waals surface area contributed by atoms with Crippen molar-refractivity contribution in [1.82, 2.24) is 9.88 Å². The summed E-state index contributed by atoms with van der Waals surface area (Å²) in [6.07, 6.45) is 0.0517. The zero-order valence-corrected chi connectivity index (χ0v) is 17.3. The summed E-state index contributed by atoms with van der Waals surface area (Å²) in [5.74, 6) is -0.118. The van der Waals surface area contributed by atoms with E-state index in [1.54, 1.807) is 11.3 Å². The second-order valence-electron chi connectivity index (χ2n) is 7.16. The van der Waals surface area contributed by atoms with E-state index in [1.165, 1.54) is 28.7 Å². The molecule has 2 N–H and O–H groups in total. The maximum Gasteiger partial charge on any atom is 0.221 e. The van der Waals surface area contributed by atoms with Crippen molar-refractivity contribution in [2.75, 3.05) is 11.9 Å². The predicted octanol–water partition coefficient (Wildman–Crippen LogP) is 4.16. The lowest BCUT2D eigenvalue weighted by atomic mass is 9.98. The Morgan fingerprint density at radius 3 is 2.78 bits per heavy atom. The highest BCUT2D eigenvalue weighted by Gasteiger charge is 2.31. The number of aliphatic hydroxyl groups is 1. The number of carbonyl (C=O) groups is 1. The van der Waals surface area contributed by atoms with E-state index in [2.05, 4.69) is 29.0 Å². The third-order valence-electron chi connectivity index (χ3n) is 4.96. The standard InChI is InChI=1S/C20H23N3O2S2/c1-11(2)23-9-8-13-16(10-23)27-19(21-12(3)24)17(13)18(25)20-22-14-6-4-5-7-15(14)26-20/h4-7,11,18,25H,8-10H2,1-3H3,(H,21,24). The molecule has 1 aliphatic rings. The number of para-hydroxylation sites is 1. The minimum atomic E-state index is -0.824. The summed E-state index contributed by atoms with van der Waals surface area (Å²) in [5.41, 5.74) is 2.90. The summed E-state index contributed by atoms with van der Waals surface area (Å²) < 4.78 is 1.06. The maximum atomic E-state index is 11.7. The van der Waals surface area contributed by atoms with Crippen LogP contribution in [0.1, 0.15) is 47.9 Å². The number of benzene rings is 1. The summed E-state index contributed by atoms with van der Waals surface area (Å²) in [7, 11) is 0. The molecule has 0 fully saturated rings. The number of fused-ring (bicyclic) bond motifs is 2. The van der Waals surface area contributed by atoms with Gasteiger partial charge in [-0.3, -0.25) is 9.69 Å². The number of rotatable bonds is 4. The van der Waals surface area contributed by atoms with Crippen LogP contribution in [0.5, 0.6) is 0 Å². The monoisotopic (exact) mass is 401 g/mol. The molecule has 0 saturated heterocycles. The van der Waals surface area contributed by atoms with Crippen LogP contribution < -0.4 is 5.32 Å². The highest BCUT2D eigenvalue weighted by molar-refractivity contribution is 7.18. The molecule has 3 heterocycles. The van der Waals surface area contributed by atoms with Crippen LogP contribution in [0, 0.1) is 0 Å². The normalized spacial score (nSPS) is 15.9. The van der Waals surface area contributed by atoms with Gasteiger partial charge in [-0.15, -0.1) is 22.7 Å². The Hall–Kier alpha value is -1.80. The van der Waals surface area contributed by atoms with Crippen LogP contribution in [-0.2, 0) is 17.8 Å². The molecule has 0 bridgehead atoms. The SMILES string of the molecule is CC(=O)Nc1sc2c(c1C(O)c1nc3ccccc3s1)CCN(C(C)C)C2. The number of nitrogens with zero attached hydrogens (tertiary/aromatic N) is 2. The molecule has 0 saturated carbocycles. The number of aromatic nitrogens is 1. The van der Waals surface area contributed by atoms with Gasteiger partial charge in [0.1, 0.15) is 16.1 Å². The van der Waals surface area contributed by atoms with E-state index >= 15 is 0 Å². The molecule has 7 heteroatoms. The molecule has 3 aromatic rings. The molecule has 1 aromatic carbocycles. The van der Waals surface area contributed by atoms with Crippen LogP contribution in [0.15, 0.2) is 24.3 Å². The van der Waals surface area contributed by atoms with Crippen molar-refractivity contribution in [3.8, 4) is 0 Å². The Bertz CT molecular complexity index is 959. The second-order valence-corrected chi connectivity index (χ2v) is 9.33. The molecule has 2 aromatic heterocycles. The number of nitrogens with one attached hydrogen (secondary N) is 1. The van der Waals surface area contributed by atoms with Gasteiger partial charge in [-0.25, -0.2) is 4.98 Å². The minimum absolute atomic E-state index is 0.118. The van der Waals surface area contributed by atoms with Gasteiger partial charge in [0, 0.05) is 36.5 Å². The van der Waals surface area contributed by atoms with Crippen molar-refractivity contribution >= 4 is 43.8 Å². The molecular weight excluding hydrogens is 378 g/mol. The molecular formula is C20H23N3O2S2. The van der Waals surface area contributed by atoms with Gasteiger partial charge < -0.3 is 10.4 Å². The van der Waals surface area contributed by atoms with Gasteiger partial charge in [0.15, 0.2) is 0 Å². The van der Waals surface area contributed by atoms with Crippen molar-refractivity contribution in [2.24, 2.45) is 0 Å². The second kappa shape index (κ2) is 7.31. The average Bonchev–Trinajstić information content (AvgIpc) is 3.20. The van der Waals surface area contributed by atoms with E-state index in [1.807, 2.05) is 24.3 Å². The van der Waals surface area contributed by atoms with Crippen LogP contribution >= 0.6 is 22.7 Å². The molecule has 1 atom stereocenters. The minimum Gasteiger partial charge on any atom is -0.381 e. The molecule has 0 aliphatic carbocycles. The van der Waals surface area contributed by atoms with Crippen LogP contribution in [0.25, 0.3) is 10.2 Å². The van der Waals surface area contributed by atoms with Crippen molar-refractivity contribution in [3.63, 3.8) is 0 Å². The zero-order valence-electron chi connectivity index (χ0n) is 15.7. The zero-order chi connectivity index (χ0) is 19.1. The number of carbonyl (C=O) groups excluding carboxylic acids is 1. The third kappa shape index (κ3) is 3.52. The first kappa shape index (κ1) is 18.6. The molecule has 1 amide bonds. The van der Waals surface area contributed by atoms with Crippen LogP contribution in [0.2, 0.25) is 0 Å². The van der Waals surface area contributed by atoms with Gasteiger partial charge in [-0.2, -0.15) is 0 Å². The molecule has 1 aliphatic heterocycles. The molecule has 142 valence electrons. The molecule has 0 radical (unpaired) electrons. The van der Waals surface area contributed by atoms with Crippen LogP contribution in [0.3, 0.4) is 0 Å². The third-order valence-corrected chi connectivity index (χ3v) is 7.20. The summed E-state index contributed by atoms with van der Waals surface area (Å²) in [6, 6.07) is 8.38. The number of thiophene rings is 1. The fraction of sp³-hybridized carbons (Fsp3) is 0.400. The highest BCUT2D eigenvalue weighted by atomic mass is 32.1. The summed E-state index contributed by atoms with van der Waals surface area (Å²) in [4.78, 5) is 20.0. The lowest BCUT2D eigenvalue weighted by Gasteiger charge is -2.30. The van der Waals surface area contributed by atoms with E-state index in [4.69, 9.17) is 0 Å². The number of aliphatic hydroxyl groups excluding tert-OH is 1. The van der Waals surface area contributed by atoms with E-state index in [-0.39, 0.29) is 5.91 Å². The van der Waals surface area contributed by atoms with Gasteiger partial charge in [-0.1, -0.05) is 12.1 Å². The first-order valence-corrected chi connectivity index (χ1v) is 10.8. The summed E-state index contributed by atoms with van der Waals surface area (Å²) >= 11 is 3.09. The van der Waals surface area contributed by atoms with Crippen molar-refractivity contribution in [2.45, 2.75) is 45.9 Å². The summed E-state index contributed by atoms with van der Waals surface area (Å²) in [5, 5.41) is 15.6. The first-order chi connectivity index (χ1) is 12.9. The van der Waals surface area contributed by atoms with Crippen molar-refractivity contribution in [1.29, 1.82) is 0 Å². The fourth-order valence-corrected chi connectivity index (χ4v) is 5.88. The average molecular weight is 402 g/mol. The largest absolute Gasteiger partial charge is 0.381 e. The number of anilines is 1. The Morgan fingerprint density at radius 1 is 1.30 bits per heavy atom. The topological polar surface area (TPSA) is 65.5 Å². The Morgan fingerprint density at radius 2 is 2.07 bits per heavy atom. The molecule has 27 heavy (non-hydrogen) atoms. The maximum absolute atomic E-state index is 11.7. The first-order valence-electron chi connectivity index (χ1n) is 9.13. The van der Waals surface area contributed by atoms with Crippen LogP contribution in [0.4, 0.5) is 5.00 Å². The predicted molar refractivity (Wildman–Crippen MR) is 112 cm³/mol. The van der Waals surface area contributed by atoms with E-state index < -0.39 is 6.10 Å². The fourth-order valence-electron chi connectivity index (χ4n) is 3.56. The van der Waals surface area contributed by atoms with Crippen LogP contribution in [-0.4, -0.2) is 33.5 Å². The van der Waals surface area contributed by atoms with Gasteiger partial charge in [-0.05, 0) is 38.0 Å². The smallest absolute Gasteiger partial charge is 0.221 e. The lowest BCUT2D eigenvalue weighted by molar-refractivity contribution is -0.114. The molecule has 0 spiro atoms. The number of amides is 1. The Labute approximate surface area is 166 Å². The van der Waals surface area contributed by atoms with Gasteiger partial charge >= 0.3 is 0 Å². The number of thiazole rings is 1. The van der Waals surface area contributed by atoms with Crippen molar-refractivity contribution < 1.29 is 9.90 Å². The highest BCUT2D eigenvalue weighted by Crippen LogP contribution is 2.43. The van der Waals surface area contributed by atoms with Gasteiger partial charge in [0.2, 0.25) is 5.91 Å². The van der Waals surface area contributed by atoms with Crippen molar-refractivity contribution in [3.05, 3.63) is 45.3 Å². The van der Waals surface area contributed by atoms with Gasteiger partial charge in [0.25, 0.3) is 0 Å². The van der Waals surface area contributed by atoms with E-state index in [0.717, 1.165) is 40.3 Å². The molecule has 4 rings (SSSR count). The quantitative estimate of drug-likeness (QED) is 0.689.